The van der Waals surface area contributed by atoms with Crippen LogP contribution in [0.3, 0.4) is 0 Å². The maximum absolute atomic E-state index is 12.9. The van der Waals surface area contributed by atoms with E-state index in [-0.39, 0.29) is 19.1 Å². The first-order valence-electron chi connectivity index (χ1n) is 13.3. The van der Waals surface area contributed by atoms with E-state index in [0.29, 0.717) is 62.2 Å². The molecule has 1 aromatic carbocycles. The number of carbonyl (C=O) groups excluding carboxylic acids is 1. The van der Waals surface area contributed by atoms with Gasteiger partial charge in [0, 0.05) is 62.6 Å². The Morgan fingerprint density at radius 3 is 2.55 bits per heavy atom. The molecule has 0 aliphatic rings. The number of aliphatic hydroxyl groups excluding tert-OH is 2. The largest absolute Gasteiger partial charge is 0.395 e. The van der Waals surface area contributed by atoms with Gasteiger partial charge in [-0.25, -0.2) is 9.97 Å². The summed E-state index contributed by atoms with van der Waals surface area (Å²) in [7, 11) is 0. The predicted octanol–water partition coefficient (Wildman–Crippen LogP) is 1.52. The van der Waals surface area contributed by atoms with Crippen molar-refractivity contribution in [3.8, 4) is 11.5 Å². The average Bonchev–Trinajstić information content (AvgIpc) is 3.41. The zero-order valence-electron chi connectivity index (χ0n) is 22.6. The first-order valence-corrected chi connectivity index (χ1v) is 13.3. The lowest BCUT2D eigenvalue weighted by molar-refractivity contribution is 0.0951. The second-order valence-electron chi connectivity index (χ2n) is 9.09. The molecule has 3 aromatic heterocycles. The Bertz CT molecular complexity index is 1360. The third kappa shape index (κ3) is 7.65. The van der Waals surface area contributed by atoms with Crippen molar-refractivity contribution in [2.45, 2.75) is 33.0 Å². The number of aryl methyl sites for hydroxylation is 1. The molecule has 0 bridgehead atoms. The number of pyridine rings is 1. The summed E-state index contributed by atoms with van der Waals surface area (Å²) in [5, 5.41) is 33.9. The standard InChI is InChI=1S/C28H35N9O3/c1-2-21-17-29-8-6-23(21)18-32-28(40)22-4-3-5-24(16-22)31-19-26-34-35-27(25-7-9-30-20-33-25)37(26)11-10-36(12-14-38)13-15-39/h3-9,16-17,20,31,38-39H,2,10-15,18-19H2,1H3,(H,32,40). The zero-order chi connectivity index (χ0) is 28.2. The number of nitrogens with one attached hydrogen (secondary N) is 2. The number of hydrogen-bond donors (Lipinski definition) is 4. The molecule has 1 amide bonds. The van der Waals surface area contributed by atoms with Gasteiger partial charge in [0.15, 0.2) is 11.6 Å². The quantitative estimate of drug-likeness (QED) is 0.173. The van der Waals surface area contributed by atoms with Crippen molar-refractivity contribution in [1.82, 2.24) is 39.9 Å². The predicted molar refractivity (Wildman–Crippen MR) is 150 cm³/mol. The van der Waals surface area contributed by atoms with E-state index in [1.54, 1.807) is 30.6 Å². The molecule has 0 saturated carbocycles. The molecular weight excluding hydrogens is 510 g/mol. The van der Waals surface area contributed by atoms with E-state index in [9.17, 15) is 15.0 Å². The van der Waals surface area contributed by atoms with Crippen LogP contribution in [0.15, 0.2) is 61.3 Å². The average molecular weight is 546 g/mol. The van der Waals surface area contributed by atoms with Crippen LogP contribution < -0.4 is 10.6 Å². The molecule has 0 atom stereocenters. The molecule has 4 N–H and O–H groups in total. The molecule has 0 radical (unpaired) electrons. The Balaban J connectivity index is 1.45. The van der Waals surface area contributed by atoms with Crippen LogP contribution in [0.2, 0.25) is 0 Å². The second-order valence-corrected chi connectivity index (χ2v) is 9.09. The molecule has 0 spiro atoms. The summed E-state index contributed by atoms with van der Waals surface area (Å²) in [6.45, 7) is 4.88. The van der Waals surface area contributed by atoms with Gasteiger partial charge in [-0.2, -0.15) is 0 Å². The molecule has 40 heavy (non-hydrogen) atoms. The molecule has 0 fully saturated rings. The Labute approximate surface area is 233 Å². The van der Waals surface area contributed by atoms with Gasteiger partial charge >= 0.3 is 0 Å². The smallest absolute Gasteiger partial charge is 0.251 e. The summed E-state index contributed by atoms with van der Waals surface area (Å²) in [4.78, 5) is 27.3. The number of amides is 1. The number of nitrogens with zero attached hydrogens (tertiary/aromatic N) is 7. The van der Waals surface area contributed by atoms with Crippen LogP contribution in [0.1, 0.15) is 34.2 Å². The minimum atomic E-state index is -0.162. The summed E-state index contributed by atoms with van der Waals surface area (Å²) in [6.07, 6.45) is 7.53. The van der Waals surface area contributed by atoms with Gasteiger partial charge < -0.3 is 25.4 Å². The highest BCUT2D eigenvalue weighted by atomic mass is 16.3. The minimum Gasteiger partial charge on any atom is -0.395 e. The molecule has 4 rings (SSSR count). The third-order valence-electron chi connectivity index (χ3n) is 6.51. The highest BCUT2D eigenvalue weighted by molar-refractivity contribution is 5.95. The number of hydrogen-bond acceptors (Lipinski definition) is 10. The fourth-order valence-electron chi connectivity index (χ4n) is 4.35. The topological polar surface area (TPSA) is 154 Å². The molecule has 0 unspecified atom stereocenters. The number of carbonyl (C=O) groups is 1. The second kappa shape index (κ2) is 14.8. The fourth-order valence-corrected chi connectivity index (χ4v) is 4.35. The van der Waals surface area contributed by atoms with Crippen molar-refractivity contribution < 1.29 is 15.0 Å². The van der Waals surface area contributed by atoms with Crippen LogP contribution in [-0.4, -0.2) is 83.6 Å². The molecule has 12 nitrogen and oxygen atoms in total. The SMILES string of the molecule is CCc1cnccc1CNC(=O)c1cccc(NCc2nnc(-c3ccncn3)n2CCN(CCO)CCO)c1. The van der Waals surface area contributed by atoms with Crippen molar-refractivity contribution in [3.05, 3.63) is 83.8 Å². The van der Waals surface area contributed by atoms with E-state index in [0.717, 1.165) is 23.2 Å². The minimum absolute atomic E-state index is 0.00159. The third-order valence-corrected chi connectivity index (χ3v) is 6.51. The Kier molecular flexibility index (Phi) is 10.6. The van der Waals surface area contributed by atoms with E-state index < -0.39 is 0 Å². The Morgan fingerprint density at radius 1 is 0.975 bits per heavy atom. The lowest BCUT2D eigenvalue weighted by atomic mass is 10.1. The van der Waals surface area contributed by atoms with Gasteiger partial charge in [0.25, 0.3) is 5.91 Å². The van der Waals surface area contributed by atoms with Crippen molar-refractivity contribution in [2.75, 3.05) is 38.2 Å². The maximum Gasteiger partial charge on any atom is 0.251 e. The van der Waals surface area contributed by atoms with Gasteiger partial charge in [0.1, 0.15) is 12.0 Å². The monoisotopic (exact) mass is 545 g/mol. The first kappa shape index (κ1) is 28.7. The van der Waals surface area contributed by atoms with E-state index in [1.165, 1.54) is 6.33 Å². The number of aliphatic hydroxyl groups is 2. The zero-order valence-corrected chi connectivity index (χ0v) is 22.6. The fraction of sp³-hybridized carbons (Fsp3) is 0.357. The van der Waals surface area contributed by atoms with Crippen LogP contribution in [0.4, 0.5) is 5.69 Å². The van der Waals surface area contributed by atoms with E-state index >= 15 is 0 Å². The lowest BCUT2D eigenvalue weighted by Crippen LogP contribution is -2.33. The normalized spacial score (nSPS) is 11.1. The molecule has 0 aliphatic carbocycles. The van der Waals surface area contributed by atoms with Crippen LogP contribution in [0.5, 0.6) is 0 Å². The van der Waals surface area contributed by atoms with Crippen molar-refractivity contribution in [1.29, 1.82) is 0 Å². The summed E-state index contributed by atoms with van der Waals surface area (Å²) in [5.41, 5.74) is 4.12. The number of rotatable bonds is 15. The van der Waals surface area contributed by atoms with Crippen LogP contribution >= 0.6 is 0 Å². The maximum atomic E-state index is 12.9. The number of benzene rings is 1. The molecular formula is C28H35N9O3. The molecule has 0 saturated heterocycles. The molecule has 4 aromatic rings. The highest BCUT2D eigenvalue weighted by Gasteiger charge is 2.16. The lowest BCUT2D eigenvalue weighted by Gasteiger charge is -2.21. The van der Waals surface area contributed by atoms with Gasteiger partial charge in [0.05, 0.1) is 19.8 Å². The van der Waals surface area contributed by atoms with Crippen molar-refractivity contribution in [2.24, 2.45) is 0 Å². The molecule has 12 heteroatoms. The van der Waals surface area contributed by atoms with E-state index in [1.807, 2.05) is 33.9 Å². The van der Waals surface area contributed by atoms with Gasteiger partial charge in [-0.3, -0.25) is 14.7 Å². The molecule has 3 heterocycles. The van der Waals surface area contributed by atoms with Crippen molar-refractivity contribution in [3.63, 3.8) is 0 Å². The first-order chi connectivity index (χ1) is 19.6. The summed E-state index contributed by atoms with van der Waals surface area (Å²) in [6, 6.07) is 11.0. The van der Waals surface area contributed by atoms with E-state index in [4.69, 9.17) is 0 Å². The van der Waals surface area contributed by atoms with Crippen LogP contribution in [-0.2, 0) is 26.1 Å². The highest BCUT2D eigenvalue weighted by Crippen LogP contribution is 2.18. The Morgan fingerprint density at radius 2 is 1.80 bits per heavy atom. The van der Waals surface area contributed by atoms with Gasteiger partial charge in [-0.15, -0.1) is 10.2 Å². The summed E-state index contributed by atoms with van der Waals surface area (Å²) in [5.74, 6) is 1.12. The summed E-state index contributed by atoms with van der Waals surface area (Å²) >= 11 is 0. The molecule has 0 aliphatic heterocycles. The summed E-state index contributed by atoms with van der Waals surface area (Å²) < 4.78 is 1.97. The van der Waals surface area contributed by atoms with Crippen LogP contribution in [0, 0.1) is 0 Å². The van der Waals surface area contributed by atoms with E-state index in [2.05, 4.69) is 42.7 Å². The number of aromatic nitrogens is 6. The Hall–Kier alpha value is -4.26. The van der Waals surface area contributed by atoms with Gasteiger partial charge in [-0.05, 0) is 47.9 Å². The van der Waals surface area contributed by atoms with Gasteiger partial charge in [0.2, 0.25) is 0 Å². The molecule has 210 valence electrons. The van der Waals surface area contributed by atoms with Crippen molar-refractivity contribution >= 4 is 11.6 Å². The van der Waals surface area contributed by atoms with Crippen LogP contribution in [0.25, 0.3) is 11.5 Å². The van der Waals surface area contributed by atoms with Gasteiger partial charge in [-0.1, -0.05) is 13.0 Å². The number of anilines is 1.